The van der Waals surface area contributed by atoms with Crippen molar-refractivity contribution in [2.75, 3.05) is 6.54 Å². The summed E-state index contributed by atoms with van der Waals surface area (Å²) in [5, 5.41) is 11.0. The topological polar surface area (TPSA) is 81.4 Å². The van der Waals surface area contributed by atoms with Gasteiger partial charge in [-0.1, -0.05) is 72.3 Å². The van der Waals surface area contributed by atoms with Crippen LogP contribution in [0.3, 0.4) is 0 Å². The van der Waals surface area contributed by atoms with Crippen LogP contribution in [-0.2, 0) is 29.6 Å². The minimum Gasteiger partial charge on any atom is -0.489 e. The summed E-state index contributed by atoms with van der Waals surface area (Å²) < 4.78 is 29.0. The normalized spacial score (nSPS) is 11.6. The molecular weight excluding hydrogens is 432 g/mol. The molecule has 5 nitrogen and oxygen atoms in total. The third kappa shape index (κ3) is 5.99. The number of nitrogens with two attached hydrogens (primary N) is 1. The Balaban J connectivity index is 1.44. The quantitative estimate of drug-likeness (QED) is 0.355. The molecule has 0 heterocycles. The van der Waals surface area contributed by atoms with E-state index in [4.69, 9.17) is 9.88 Å². The predicted octanol–water partition coefficient (Wildman–Crippen LogP) is 4.71. The molecule has 0 saturated heterocycles. The molecule has 0 amide bonds. The molecule has 0 aromatic heterocycles. The molecule has 33 heavy (non-hydrogen) atoms. The largest absolute Gasteiger partial charge is 0.489 e. The molecule has 0 aliphatic heterocycles. The number of hydrogen-bond acceptors (Lipinski definition) is 4. The lowest BCUT2D eigenvalue weighted by Gasteiger charge is -2.15. The van der Waals surface area contributed by atoms with E-state index in [-0.39, 0.29) is 4.90 Å². The van der Waals surface area contributed by atoms with E-state index in [0.29, 0.717) is 13.2 Å². The van der Waals surface area contributed by atoms with Crippen LogP contribution in [0.15, 0.2) is 89.8 Å². The summed E-state index contributed by atoms with van der Waals surface area (Å²) in [4.78, 5) is 0.130. The summed E-state index contributed by atoms with van der Waals surface area (Å²) in [5.74, 6) is 0.874. The third-order valence-electron chi connectivity index (χ3n) is 5.66. The highest BCUT2D eigenvalue weighted by Gasteiger charge is 2.10. The van der Waals surface area contributed by atoms with E-state index < -0.39 is 10.0 Å². The fourth-order valence-corrected chi connectivity index (χ4v) is 4.29. The van der Waals surface area contributed by atoms with Crippen LogP contribution in [0, 0.1) is 6.92 Å². The van der Waals surface area contributed by atoms with Crippen LogP contribution in [0.1, 0.15) is 22.3 Å². The molecule has 4 aromatic carbocycles. The molecule has 0 unspecified atom stereocenters. The molecule has 6 heteroatoms. The van der Waals surface area contributed by atoms with Gasteiger partial charge in [0.25, 0.3) is 0 Å². The van der Waals surface area contributed by atoms with Crippen LogP contribution in [0.4, 0.5) is 0 Å². The molecule has 4 aromatic rings. The Morgan fingerprint density at radius 1 is 0.848 bits per heavy atom. The first-order valence-corrected chi connectivity index (χ1v) is 12.5. The number of ether oxygens (including phenoxy) is 1. The van der Waals surface area contributed by atoms with Gasteiger partial charge in [0.15, 0.2) is 0 Å². The fourth-order valence-electron chi connectivity index (χ4n) is 3.77. The summed E-state index contributed by atoms with van der Waals surface area (Å²) in [6.45, 7) is 4.00. The van der Waals surface area contributed by atoms with Crippen LogP contribution in [0.5, 0.6) is 5.75 Å². The van der Waals surface area contributed by atoms with Crippen molar-refractivity contribution < 1.29 is 13.2 Å². The van der Waals surface area contributed by atoms with Gasteiger partial charge in [-0.15, -0.1) is 0 Å². The van der Waals surface area contributed by atoms with Gasteiger partial charge >= 0.3 is 0 Å². The summed E-state index contributed by atoms with van der Waals surface area (Å²) >= 11 is 0. The van der Waals surface area contributed by atoms with Crippen LogP contribution in [0.2, 0.25) is 0 Å². The predicted molar refractivity (Wildman–Crippen MR) is 133 cm³/mol. The van der Waals surface area contributed by atoms with Gasteiger partial charge in [-0.3, -0.25) is 0 Å². The maximum Gasteiger partial charge on any atom is 0.238 e. The second-order valence-electron chi connectivity index (χ2n) is 8.15. The molecule has 0 spiro atoms. The average Bonchev–Trinajstić information content (AvgIpc) is 2.81. The molecule has 0 radical (unpaired) electrons. The molecule has 4 rings (SSSR count). The maximum atomic E-state index is 11.4. The SMILES string of the molecule is Cc1ccc(COc2ccc3ccccc3c2CNCCc2ccc(S(N)(=O)=O)cc2)cc1. The monoisotopic (exact) mass is 460 g/mol. The Hall–Kier alpha value is -3.19. The van der Waals surface area contributed by atoms with Crippen molar-refractivity contribution in [3.8, 4) is 5.75 Å². The van der Waals surface area contributed by atoms with Crippen molar-refractivity contribution >= 4 is 20.8 Å². The molecule has 0 atom stereocenters. The van der Waals surface area contributed by atoms with Crippen molar-refractivity contribution in [1.29, 1.82) is 0 Å². The van der Waals surface area contributed by atoms with Crippen LogP contribution < -0.4 is 15.2 Å². The van der Waals surface area contributed by atoms with Crippen LogP contribution >= 0.6 is 0 Å². The van der Waals surface area contributed by atoms with Crippen molar-refractivity contribution in [3.05, 3.63) is 107 Å². The minimum atomic E-state index is -3.66. The molecular formula is C27H28N2O3S. The van der Waals surface area contributed by atoms with Gasteiger partial charge in [-0.05, 0) is 60.0 Å². The van der Waals surface area contributed by atoms with Gasteiger partial charge in [-0.25, -0.2) is 13.6 Å². The Kier molecular flexibility index (Phi) is 7.08. The lowest BCUT2D eigenvalue weighted by atomic mass is 10.0. The molecule has 0 saturated carbocycles. The van der Waals surface area contributed by atoms with Crippen LogP contribution in [0.25, 0.3) is 10.8 Å². The number of sulfonamides is 1. The van der Waals surface area contributed by atoms with Gasteiger partial charge in [0, 0.05) is 12.1 Å². The van der Waals surface area contributed by atoms with E-state index in [1.54, 1.807) is 24.3 Å². The highest BCUT2D eigenvalue weighted by molar-refractivity contribution is 7.89. The lowest BCUT2D eigenvalue weighted by molar-refractivity contribution is 0.303. The highest BCUT2D eigenvalue weighted by Crippen LogP contribution is 2.29. The van der Waals surface area contributed by atoms with E-state index in [9.17, 15) is 8.42 Å². The van der Waals surface area contributed by atoms with Crippen LogP contribution in [-0.4, -0.2) is 15.0 Å². The highest BCUT2D eigenvalue weighted by atomic mass is 32.2. The first kappa shape index (κ1) is 23.0. The zero-order chi connectivity index (χ0) is 23.3. The van der Waals surface area contributed by atoms with Gasteiger partial charge in [0.2, 0.25) is 10.0 Å². The molecule has 0 fully saturated rings. The number of nitrogens with one attached hydrogen (secondary N) is 1. The first-order chi connectivity index (χ1) is 15.9. The van der Waals surface area contributed by atoms with Crippen molar-refractivity contribution in [2.24, 2.45) is 5.14 Å². The zero-order valence-electron chi connectivity index (χ0n) is 18.6. The molecule has 3 N–H and O–H groups in total. The lowest BCUT2D eigenvalue weighted by Crippen LogP contribution is -2.18. The minimum absolute atomic E-state index is 0.130. The molecule has 0 aliphatic carbocycles. The number of fused-ring (bicyclic) bond motifs is 1. The fraction of sp³-hybridized carbons (Fsp3) is 0.185. The molecule has 0 aliphatic rings. The maximum absolute atomic E-state index is 11.4. The first-order valence-electron chi connectivity index (χ1n) is 10.9. The van der Waals surface area contributed by atoms with Gasteiger partial charge in [0.1, 0.15) is 12.4 Å². The Bertz CT molecular complexity index is 1330. The average molecular weight is 461 g/mol. The number of primary sulfonamides is 1. The Labute approximate surface area is 195 Å². The van der Waals surface area contributed by atoms with Crippen molar-refractivity contribution in [3.63, 3.8) is 0 Å². The number of benzene rings is 4. The van der Waals surface area contributed by atoms with E-state index in [1.807, 2.05) is 18.2 Å². The smallest absolute Gasteiger partial charge is 0.238 e. The number of aryl methyl sites for hydroxylation is 1. The summed E-state index contributed by atoms with van der Waals surface area (Å²) in [6, 6.07) is 27.5. The van der Waals surface area contributed by atoms with E-state index >= 15 is 0 Å². The summed E-state index contributed by atoms with van der Waals surface area (Å²) in [6.07, 6.45) is 0.773. The van der Waals surface area contributed by atoms with Crippen molar-refractivity contribution in [2.45, 2.75) is 31.4 Å². The van der Waals surface area contributed by atoms with E-state index in [0.717, 1.165) is 35.4 Å². The Morgan fingerprint density at radius 2 is 1.55 bits per heavy atom. The second kappa shape index (κ2) is 10.2. The summed E-state index contributed by atoms with van der Waals surface area (Å²) in [5.41, 5.74) is 4.54. The standard InChI is InChI=1S/C27H28N2O3S/c1-20-6-8-22(9-7-20)19-32-27-15-12-23-4-2-3-5-25(23)26(27)18-29-17-16-21-10-13-24(14-11-21)33(28,30)31/h2-15,29H,16-19H2,1H3,(H2,28,30,31). The van der Waals surface area contributed by atoms with Gasteiger partial charge in [-0.2, -0.15) is 0 Å². The Morgan fingerprint density at radius 3 is 2.27 bits per heavy atom. The van der Waals surface area contributed by atoms with Gasteiger partial charge in [0.05, 0.1) is 4.90 Å². The number of hydrogen-bond donors (Lipinski definition) is 2. The van der Waals surface area contributed by atoms with Gasteiger partial charge < -0.3 is 10.1 Å². The molecule has 170 valence electrons. The third-order valence-corrected chi connectivity index (χ3v) is 6.59. The summed E-state index contributed by atoms with van der Waals surface area (Å²) in [7, 11) is -3.66. The van der Waals surface area contributed by atoms with E-state index in [2.05, 4.69) is 54.7 Å². The van der Waals surface area contributed by atoms with Crippen molar-refractivity contribution in [1.82, 2.24) is 5.32 Å². The zero-order valence-corrected chi connectivity index (χ0v) is 19.4. The number of rotatable bonds is 9. The molecule has 0 bridgehead atoms. The second-order valence-corrected chi connectivity index (χ2v) is 9.71. The van der Waals surface area contributed by atoms with E-state index in [1.165, 1.54) is 16.3 Å².